The number of rotatable bonds is 3. The first-order valence-corrected chi connectivity index (χ1v) is 8.36. The van der Waals surface area contributed by atoms with Gasteiger partial charge in [0.05, 0.1) is 12.7 Å². The molecule has 0 aromatic heterocycles. The number of nitrogens with zero attached hydrogens (tertiary/aromatic N) is 1. The van der Waals surface area contributed by atoms with Gasteiger partial charge in [-0.25, -0.2) is 0 Å². The molecule has 1 fully saturated rings. The standard InChI is InChI=1S/C20H25BNO/c1-5-6-9-16-15(3)21-20-14(2)8-7-10-17(20)19(16)18-13-22(4)11-12-23-18/h5-10,18-19H,1,11-13H2,2-4H3/b9-6-. The van der Waals surface area contributed by atoms with Crippen LogP contribution in [0.5, 0.6) is 0 Å². The summed E-state index contributed by atoms with van der Waals surface area (Å²) in [7, 11) is 4.49. The molecule has 2 atom stereocenters. The van der Waals surface area contributed by atoms with Crippen LogP contribution in [0.15, 0.2) is 54.1 Å². The van der Waals surface area contributed by atoms with E-state index in [9.17, 15) is 0 Å². The predicted molar refractivity (Wildman–Crippen MR) is 98.6 cm³/mol. The van der Waals surface area contributed by atoms with E-state index >= 15 is 0 Å². The van der Waals surface area contributed by atoms with E-state index in [1.807, 2.05) is 12.2 Å². The number of ether oxygens (including phenoxy) is 1. The SMILES string of the molecule is C=C/C=C\C1=C(C)[B]c2c(C)cccc2C1C1CN(C)CCO1. The fourth-order valence-corrected chi connectivity index (χ4v) is 3.70. The summed E-state index contributed by atoms with van der Waals surface area (Å²) in [5, 5.41) is 0. The van der Waals surface area contributed by atoms with E-state index in [4.69, 9.17) is 4.74 Å². The van der Waals surface area contributed by atoms with Crippen molar-refractivity contribution in [1.82, 2.24) is 4.90 Å². The fourth-order valence-electron chi connectivity index (χ4n) is 3.70. The molecule has 2 nitrogen and oxygen atoms in total. The number of hydrogen-bond acceptors (Lipinski definition) is 2. The molecule has 23 heavy (non-hydrogen) atoms. The summed E-state index contributed by atoms with van der Waals surface area (Å²) in [6.07, 6.45) is 6.28. The topological polar surface area (TPSA) is 12.5 Å². The Bertz CT molecular complexity index is 662. The Labute approximate surface area is 140 Å². The molecule has 2 aliphatic rings. The van der Waals surface area contributed by atoms with Gasteiger partial charge in [0.25, 0.3) is 0 Å². The second-order valence-corrected chi connectivity index (χ2v) is 6.60. The molecule has 0 saturated carbocycles. The minimum atomic E-state index is 0.197. The Morgan fingerprint density at radius 2 is 2.17 bits per heavy atom. The van der Waals surface area contributed by atoms with E-state index in [1.165, 1.54) is 27.6 Å². The lowest BCUT2D eigenvalue weighted by molar-refractivity contribution is -0.0274. The minimum Gasteiger partial charge on any atom is -0.375 e. The van der Waals surface area contributed by atoms with E-state index < -0.39 is 0 Å². The number of likely N-dealkylation sites (N-methyl/N-ethyl adjacent to an activating group) is 1. The monoisotopic (exact) mass is 306 g/mol. The summed E-state index contributed by atoms with van der Waals surface area (Å²) in [4.78, 5) is 2.37. The first-order valence-electron chi connectivity index (χ1n) is 8.36. The Morgan fingerprint density at radius 3 is 2.91 bits per heavy atom. The van der Waals surface area contributed by atoms with Crippen LogP contribution < -0.4 is 5.46 Å². The smallest absolute Gasteiger partial charge is 0.186 e. The van der Waals surface area contributed by atoms with Gasteiger partial charge in [0.1, 0.15) is 0 Å². The van der Waals surface area contributed by atoms with Gasteiger partial charge >= 0.3 is 0 Å². The molecule has 3 heteroatoms. The first kappa shape index (κ1) is 16.3. The second-order valence-electron chi connectivity index (χ2n) is 6.60. The van der Waals surface area contributed by atoms with Crippen molar-refractivity contribution in [3.63, 3.8) is 0 Å². The van der Waals surface area contributed by atoms with E-state index in [-0.39, 0.29) is 12.0 Å². The zero-order valence-electron chi connectivity index (χ0n) is 14.4. The summed E-state index contributed by atoms with van der Waals surface area (Å²) in [5.74, 6) is 0.286. The molecule has 119 valence electrons. The van der Waals surface area contributed by atoms with E-state index in [0.717, 1.165) is 19.7 Å². The normalized spacial score (nSPS) is 25.3. The molecular formula is C20H25BNO. The van der Waals surface area contributed by atoms with E-state index in [0.29, 0.717) is 0 Å². The van der Waals surface area contributed by atoms with Gasteiger partial charge in [-0.1, -0.05) is 61.0 Å². The van der Waals surface area contributed by atoms with Crippen molar-refractivity contribution >= 4 is 12.7 Å². The predicted octanol–water partition coefficient (Wildman–Crippen LogP) is 2.77. The van der Waals surface area contributed by atoms with Crippen molar-refractivity contribution in [2.45, 2.75) is 25.9 Å². The lowest BCUT2D eigenvalue weighted by atomic mass is 9.52. The third kappa shape index (κ3) is 3.22. The minimum absolute atomic E-state index is 0.197. The second kappa shape index (κ2) is 6.90. The van der Waals surface area contributed by atoms with Crippen LogP contribution >= 0.6 is 0 Å². The molecule has 1 aromatic rings. The van der Waals surface area contributed by atoms with Crippen molar-refractivity contribution in [2.75, 3.05) is 26.7 Å². The lowest BCUT2D eigenvalue weighted by Gasteiger charge is -2.39. The molecule has 3 rings (SSSR count). The highest BCUT2D eigenvalue weighted by molar-refractivity contribution is 6.62. The summed E-state index contributed by atoms with van der Waals surface area (Å²) < 4.78 is 6.19. The maximum atomic E-state index is 6.19. The summed E-state index contributed by atoms with van der Waals surface area (Å²) in [6.45, 7) is 11.0. The van der Waals surface area contributed by atoms with E-state index in [1.54, 1.807) is 0 Å². The average Bonchev–Trinajstić information content (AvgIpc) is 2.53. The van der Waals surface area contributed by atoms with Crippen molar-refractivity contribution in [3.8, 4) is 0 Å². The number of allylic oxidation sites excluding steroid dienone is 4. The number of morpholine rings is 1. The Morgan fingerprint density at radius 1 is 1.35 bits per heavy atom. The van der Waals surface area contributed by atoms with Crippen LogP contribution in [0.25, 0.3) is 0 Å². The van der Waals surface area contributed by atoms with Crippen LogP contribution in [-0.4, -0.2) is 45.0 Å². The first-order chi connectivity index (χ1) is 11.1. The average molecular weight is 306 g/mol. The third-order valence-electron chi connectivity index (χ3n) is 4.92. The van der Waals surface area contributed by atoms with Crippen LogP contribution in [0.4, 0.5) is 0 Å². The van der Waals surface area contributed by atoms with Crippen LogP contribution in [-0.2, 0) is 4.74 Å². The van der Waals surface area contributed by atoms with Crippen LogP contribution in [0.2, 0.25) is 0 Å². The maximum absolute atomic E-state index is 6.19. The molecule has 0 bridgehead atoms. The molecule has 1 aromatic carbocycles. The highest BCUT2D eigenvalue weighted by Crippen LogP contribution is 2.36. The Balaban J connectivity index is 2.08. The number of aryl methyl sites for hydroxylation is 1. The Kier molecular flexibility index (Phi) is 4.89. The molecule has 1 saturated heterocycles. The van der Waals surface area contributed by atoms with Gasteiger partial charge in [-0.2, -0.15) is 0 Å². The number of hydrogen-bond donors (Lipinski definition) is 0. The van der Waals surface area contributed by atoms with Gasteiger partial charge in [-0.05, 0) is 25.1 Å². The highest BCUT2D eigenvalue weighted by atomic mass is 16.5. The van der Waals surface area contributed by atoms with Gasteiger partial charge < -0.3 is 9.64 Å². The van der Waals surface area contributed by atoms with Gasteiger partial charge in [-0.3, -0.25) is 0 Å². The maximum Gasteiger partial charge on any atom is 0.186 e. The Hall–Kier alpha value is -1.58. The molecule has 1 radical (unpaired) electrons. The molecule has 0 aliphatic carbocycles. The molecule has 0 amide bonds. The summed E-state index contributed by atoms with van der Waals surface area (Å²) in [6, 6.07) is 6.62. The summed E-state index contributed by atoms with van der Waals surface area (Å²) >= 11 is 0. The van der Waals surface area contributed by atoms with Crippen LogP contribution in [0, 0.1) is 6.92 Å². The lowest BCUT2D eigenvalue weighted by Crippen LogP contribution is -2.46. The van der Waals surface area contributed by atoms with Crippen molar-refractivity contribution in [2.24, 2.45) is 0 Å². The van der Waals surface area contributed by atoms with E-state index in [2.05, 4.69) is 63.9 Å². The van der Waals surface area contributed by atoms with Crippen LogP contribution in [0.3, 0.4) is 0 Å². The van der Waals surface area contributed by atoms with Gasteiger partial charge in [0.2, 0.25) is 0 Å². The molecule has 0 spiro atoms. The largest absolute Gasteiger partial charge is 0.375 e. The molecular weight excluding hydrogens is 281 g/mol. The molecule has 0 N–H and O–H groups in total. The number of benzene rings is 1. The molecule has 2 aliphatic heterocycles. The zero-order chi connectivity index (χ0) is 16.4. The summed E-state index contributed by atoms with van der Waals surface area (Å²) in [5.41, 5.74) is 6.76. The molecule has 2 unspecified atom stereocenters. The quantitative estimate of drug-likeness (QED) is 0.629. The third-order valence-corrected chi connectivity index (χ3v) is 4.92. The molecule has 2 heterocycles. The zero-order valence-corrected chi connectivity index (χ0v) is 14.4. The van der Waals surface area contributed by atoms with Crippen LogP contribution in [0.1, 0.15) is 24.0 Å². The highest BCUT2D eigenvalue weighted by Gasteiger charge is 2.35. The van der Waals surface area contributed by atoms with Crippen molar-refractivity contribution in [1.29, 1.82) is 0 Å². The fraction of sp³-hybridized carbons (Fsp3) is 0.400. The van der Waals surface area contributed by atoms with Gasteiger partial charge in [0, 0.05) is 19.0 Å². The van der Waals surface area contributed by atoms with Crippen molar-refractivity contribution in [3.05, 3.63) is 65.2 Å². The van der Waals surface area contributed by atoms with Crippen molar-refractivity contribution < 1.29 is 4.74 Å². The van der Waals surface area contributed by atoms with Gasteiger partial charge in [-0.15, -0.1) is 5.47 Å². The number of fused-ring (bicyclic) bond motifs is 1. The van der Waals surface area contributed by atoms with Gasteiger partial charge in [0.15, 0.2) is 7.28 Å².